The van der Waals surface area contributed by atoms with Crippen LogP contribution in [0.3, 0.4) is 0 Å². The molecule has 0 saturated carbocycles. The number of aliphatic hydroxyl groups is 3. The first-order valence-electron chi connectivity index (χ1n) is 11.7. The number of fused-ring (bicyclic) bond motifs is 5. The summed E-state index contributed by atoms with van der Waals surface area (Å²) < 4.78 is 5.62. The van der Waals surface area contributed by atoms with Gasteiger partial charge in [-0.25, -0.2) is 0 Å². The number of amides is 2. The van der Waals surface area contributed by atoms with Crippen molar-refractivity contribution in [3.63, 3.8) is 0 Å². The molecule has 0 saturated heterocycles. The molecule has 1 aromatic rings. The standard InChI is InChI=1S/C25H28N4O8/c1-28(2)13-7-12-21(37-8-14(30)27-12)16-10(13)5-9-6-11-18(29(3)4)20(32)17(24(26)35)23(34)25(11,36)22(33)15(9)19(16)31/h7,9,11,18,32-33,36H,5-6,8H2,1-4H3,(H2,26,35)(H,27,30)/t9-,11-,18?,25-/m0/s1. The van der Waals surface area contributed by atoms with Gasteiger partial charge in [-0.1, -0.05) is 0 Å². The molecule has 196 valence electrons. The maximum Gasteiger partial charge on any atom is 0.262 e. The summed E-state index contributed by atoms with van der Waals surface area (Å²) in [5.74, 6) is -6.53. The predicted molar refractivity (Wildman–Crippen MR) is 130 cm³/mol. The molecular formula is C25H28N4O8. The quantitative estimate of drug-likeness (QED) is 0.340. The van der Waals surface area contributed by atoms with Crippen LogP contribution in [0, 0.1) is 11.8 Å². The van der Waals surface area contributed by atoms with Crippen molar-refractivity contribution in [2.75, 3.05) is 45.0 Å². The van der Waals surface area contributed by atoms with E-state index in [1.54, 1.807) is 39.2 Å². The van der Waals surface area contributed by atoms with Gasteiger partial charge in [-0.05, 0) is 44.5 Å². The van der Waals surface area contributed by atoms with Crippen molar-refractivity contribution in [3.05, 3.63) is 39.9 Å². The van der Waals surface area contributed by atoms with Gasteiger partial charge < -0.3 is 36.0 Å². The number of benzene rings is 1. The number of nitrogens with one attached hydrogen (secondary N) is 1. The lowest BCUT2D eigenvalue weighted by atomic mass is 9.58. The van der Waals surface area contributed by atoms with Crippen molar-refractivity contribution in [2.45, 2.75) is 24.5 Å². The number of aliphatic hydroxyl groups excluding tert-OH is 2. The number of hydrogen-bond donors (Lipinski definition) is 5. The molecule has 1 aliphatic heterocycles. The van der Waals surface area contributed by atoms with Crippen LogP contribution in [-0.2, 0) is 20.8 Å². The number of ether oxygens (including phenoxy) is 1. The van der Waals surface area contributed by atoms with Gasteiger partial charge in [0, 0.05) is 31.3 Å². The number of nitrogens with two attached hydrogens (primary N) is 1. The maximum absolute atomic E-state index is 14.0. The fourth-order valence-electron chi connectivity index (χ4n) is 6.25. The van der Waals surface area contributed by atoms with Crippen LogP contribution in [0.5, 0.6) is 5.75 Å². The van der Waals surface area contributed by atoms with Gasteiger partial charge >= 0.3 is 0 Å². The highest BCUT2D eigenvalue weighted by atomic mass is 16.5. The van der Waals surface area contributed by atoms with Gasteiger partial charge in [0.05, 0.1) is 17.3 Å². The monoisotopic (exact) mass is 512 g/mol. The largest absolute Gasteiger partial charge is 0.510 e. The van der Waals surface area contributed by atoms with E-state index in [1.807, 2.05) is 0 Å². The first kappa shape index (κ1) is 24.8. The van der Waals surface area contributed by atoms with Gasteiger partial charge in [-0.3, -0.25) is 24.1 Å². The summed E-state index contributed by atoms with van der Waals surface area (Å²) in [7, 11) is 6.76. The molecule has 6 N–H and O–H groups in total. The molecule has 1 heterocycles. The molecule has 0 aromatic heterocycles. The normalized spacial score (nSPS) is 28.7. The third-order valence-corrected chi connectivity index (χ3v) is 7.78. The Labute approximate surface area is 212 Å². The highest BCUT2D eigenvalue weighted by Gasteiger charge is 2.63. The van der Waals surface area contributed by atoms with Gasteiger partial charge in [0.25, 0.3) is 11.8 Å². The Kier molecular flexibility index (Phi) is 5.39. The number of primary amides is 1. The zero-order valence-electron chi connectivity index (χ0n) is 20.8. The average molecular weight is 513 g/mol. The minimum absolute atomic E-state index is 0.0489. The third kappa shape index (κ3) is 3.22. The number of ketones is 2. The maximum atomic E-state index is 14.0. The number of hydrogen-bond acceptors (Lipinski definition) is 10. The van der Waals surface area contributed by atoms with Gasteiger partial charge in [0.2, 0.25) is 5.78 Å². The van der Waals surface area contributed by atoms with Crippen molar-refractivity contribution < 1.29 is 39.2 Å². The number of Topliss-reactive ketones (excluding diaryl/α,β-unsaturated/α-hetero) is 2. The van der Waals surface area contributed by atoms with Crippen molar-refractivity contribution in [3.8, 4) is 5.75 Å². The fraction of sp³-hybridized carbons (Fsp3) is 0.440. The Morgan fingerprint density at radius 2 is 1.86 bits per heavy atom. The molecule has 0 bridgehead atoms. The summed E-state index contributed by atoms with van der Waals surface area (Å²) in [6, 6.07) is 0.688. The molecule has 0 spiro atoms. The minimum atomic E-state index is -2.65. The van der Waals surface area contributed by atoms with Crippen LogP contribution in [0.25, 0.3) is 0 Å². The smallest absolute Gasteiger partial charge is 0.262 e. The van der Waals surface area contributed by atoms with Gasteiger partial charge in [-0.15, -0.1) is 0 Å². The van der Waals surface area contributed by atoms with Crippen LogP contribution in [0.15, 0.2) is 28.7 Å². The van der Waals surface area contributed by atoms with Crippen LogP contribution < -0.4 is 20.7 Å². The zero-order valence-corrected chi connectivity index (χ0v) is 20.8. The average Bonchev–Trinajstić information content (AvgIpc) is 2.80. The van der Waals surface area contributed by atoms with Crippen LogP contribution in [0.2, 0.25) is 0 Å². The first-order chi connectivity index (χ1) is 17.3. The second-order valence-corrected chi connectivity index (χ2v) is 10.3. The molecule has 37 heavy (non-hydrogen) atoms. The van der Waals surface area contributed by atoms with Crippen molar-refractivity contribution in [1.82, 2.24) is 4.90 Å². The first-order valence-corrected chi connectivity index (χ1v) is 11.7. The lowest BCUT2D eigenvalue weighted by Crippen LogP contribution is -2.63. The third-order valence-electron chi connectivity index (χ3n) is 7.78. The minimum Gasteiger partial charge on any atom is -0.510 e. The molecule has 0 fully saturated rings. The molecule has 12 nitrogen and oxygen atoms in total. The summed E-state index contributed by atoms with van der Waals surface area (Å²) in [6.45, 7) is -0.302. The van der Waals surface area contributed by atoms with Crippen LogP contribution in [0.4, 0.5) is 11.4 Å². The molecule has 12 heteroatoms. The Morgan fingerprint density at radius 1 is 1.19 bits per heavy atom. The van der Waals surface area contributed by atoms with E-state index < -0.39 is 58.0 Å². The number of rotatable bonds is 3. The van der Waals surface area contributed by atoms with E-state index in [0.717, 1.165) is 0 Å². The Bertz CT molecular complexity index is 1360. The highest BCUT2D eigenvalue weighted by molar-refractivity contribution is 6.25. The molecule has 0 radical (unpaired) electrons. The van der Waals surface area contributed by atoms with E-state index in [-0.39, 0.29) is 42.2 Å². The highest BCUT2D eigenvalue weighted by Crippen LogP contribution is 2.54. The molecule has 1 unspecified atom stereocenters. The fourth-order valence-corrected chi connectivity index (χ4v) is 6.25. The summed E-state index contributed by atoms with van der Waals surface area (Å²) >= 11 is 0. The number of likely N-dealkylation sites (N-methyl/N-ethyl adjacent to an activating group) is 1. The zero-order chi connectivity index (χ0) is 27.1. The molecule has 3 aliphatic carbocycles. The van der Waals surface area contributed by atoms with E-state index >= 15 is 0 Å². The van der Waals surface area contributed by atoms with E-state index in [4.69, 9.17) is 10.5 Å². The van der Waals surface area contributed by atoms with Gasteiger partial charge in [0.15, 0.2) is 23.7 Å². The Morgan fingerprint density at radius 3 is 2.46 bits per heavy atom. The summed E-state index contributed by atoms with van der Waals surface area (Å²) in [5.41, 5.74) is 3.45. The molecule has 5 rings (SSSR count). The SMILES string of the molecule is CN(C)c1cc2c(c3c1C[C@H]1C[C@H]4C(N(C)C)C(O)=C(C(N)=O)C(=O)[C@@]4(O)C(O)=C1C3=O)OCC(=O)N2. The lowest BCUT2D eigenvalue weighted by molar-refractivity contribution is -0.148. The summed E-state index contributed by atoms with van der Waals surface area (Å²) in [5, 5.41) is 36.7. The Hall–Kier alpha value is -3.90. The summed E-state index contributed by atoms with van der Waals surface area (Å²) in [4.78, 5) is 54.7. The molecule has 4 atom stereocenters. The van der Waals surface area contributed by atoms with Crippen LogP contribution in [0.1, 0.15) is 22.3 Å². The molecule has 2 amide bonds. The van der Waals surface area contributed by atoms with Crippen LogP contribution in [-0.4, -0.2) is 90.0 Å². The van der Waals surface area contributed by atoms with E-state index in [0.29, 0.717) is 16.9 Å². The second kappa shape index (κ2) is 8.05. The predicted octanol–water partition coefficient (Wildman–Crippen LogP) is -0.188. The number of nitrogens with zero attached hydrogens (tertiary/aromatic N) is 2. The van der Waals surface area contributed by atoms with Crippen molar-refractivity contribution in [1.29, 1.82) is 0 Å². The number of anilines is 2. The number of carbonyl (C=O) groups excluding carboxylic acids is 4. The van der Waals surface area contributed by atoms with Gasteiger partial charge in [0.1, 0.15) is 17.1 Å². The molecule has 4 aliphatic rings. The van der Waals surface area contributed by atoms with Crippen molar-refractivity contribution in [2.24, 2.45) is 17.6 Å². The topological polar surface area (TPSA) is 183 Å². The molecular weight excluding hydrogens is 484 g/mol. The number of carbonyl (C=O) groups is 4. The number of allylic oxidation sites excluding steroid dienone is 1. The van der Waals surface area contributed by atoms with E-state index in [9.17, 15) is 34.5 Å². The van der Waals surface area contributed by atoms with Gasteiger partial charge in [-0.2, -0.15) is 0 Å². The van der Waals surface area contributed by atoms with E-state index in [1.165, 1.54) is 4.90 Å². The summed E-state index contributed by atoms with van der Waals surface area (Å²) in [6.07, 6.45) is 0.306. The lowest BCUT2D eigenvalue weighted by Gasteiger charge is -2.50. The van der Waals surface area contributed by atoms with E-state index in [2.05, 4.69) is 5.32 Å². The van der Waals surface area contributed by atoms with Crippen molar-refractivity contribution >= 4 is 34.8 Å². The Balaban J connectivity index is 1.75. The van der Waals surface area contributed by atoms with Crippen LogP contribution >= 0.6 is 0 Å². The molecule has 1 aromatic carbocycles. The second-order valence-electron chi connectivity index (χ2n) is 10.3.